The van der Waals surface area contributed by atoms with Crippen LogP contribution >= 0.6 is 0 Å². The van der Waals surface area contributed by atoms with Crippen molar-refractivity contribution in [1.82, 2.24) is 10.4 Å². The SMILES string of the molecule is NCCNC(=O)ON1CCC[C@H]1C(=O)O. The second kappa shape index (κ2) is 5.52. The minimum Gasteiger partial charge on any atom is -0.480 e. The van der Waals surface area contributed by atoms with E-state index >= 15 is 0 Å². The summed E-state index contributed by atoms with van der Waals surface area (Å²) < 4.78 is 0. The molecule has 7 heteroatoms. The van der Waals surface area contributed by atoms with E-state index in [-0.39, 0.29) is 0 Å². The lowest BCUT2D eigenvalue weighted by atomic mass is 10.2. The Morgan fingerprint density at radius 1 is 1.60 bits per heavy atom. The number of aliphatic carboxylic acids is 1. The fraction of sp³-hybridized carbons (Fsp3) is 0.750. The number of hydrogen-bond donors (Lipinski definition) is 3. The summed E-state index contributed by atoms with van der Waals surface area (Å²) in [7, 11) is 0. The molecule has 15 heavy (non-hydrogen) atoms. The van der Waals surface area contributed by atoms with Gasteiger partial charge in [-0.25, -0.2) is 4.79 Å². The van der Waals surface area contributed by atoms with Crippen molar-refractivity contribution >= 4 is 12.1 Å². The molecular weight excluding hydrogens is 202 g/mol. The molecule has 0 spiro atoms. The molecule has 0 saturated carbocycles. The van der Waals surface area contributed by atoms with Crippen LogP contribution in [0.5, 0.6) is 0 Å². The van der Waals surface area contributed by atoms with Crippen molar-refractivity contribution in [2.24, 2.45) is 5.73 Å². The van der Waals surface area contributed by atoms with Gasteiger partial charge in [0.05, 0.1) is 0 Å². The van der Waals surface area contributed by atoms with E-state index in [1.165, 1.54) is 5.06 Å². The van der Waals surface area contributed by atoms with Gasteiger partial charge in [-0.1, -0.05) is 0 Å². The zero-order chi connectivity index (χ0) is 11.3. The number of carboxylic acids is 1. The smallest absolute Gasteiger partial charge is 0.426 e. The average molecular weight is 217 g/mol. The summed E-state index contributed by atoms with van der Waals surface area (Å²) in [5.74, 6) is -0.973. The van der Waals surface area contributed by atoms with Crippen molar-refractivity contribution in [2.45, 2.75) is 18.9 Å². The van der Waals surface area contributed by atoms with Crippen molar-refractivity contribution in [2.75, 3.05) is 19.6 Å². The fourth-order valence-corrected chi connectivity index (χ4v) is 1.41. The number of hydroxylamine groups is 2. The van der Waals surface area contributed by atoms with Crippen LogP contribution in [0.2, 0.25) is 0 Å². The standard InChI is InChI=1S/C8H15N3O4/c9-3-4-10-8(14)15-11-5-1-2-6(11)7(12)13/h6H,1-5,9H2,(H,10,14)(H,12,13)/t6-/m0/s1. The van der Waals surface area contributed by atoms with Crippen molar-refractivity contribution in [3.05, 3.63) is 0 Å². The summed E-state index contributed by atoms with van der Waals surface area (Å²) in [5.41, 5.74) is 5.18. The molecule has 1 amide bonds. The predicted molar refractivity (Wildman–Crippen MR) is 50.9 cm³/mol. The van der Waals surface area contributed by atoms with E-state index in [2.05, 4.69) is 5.32 Å². The molecule has 1 saturated heterocycles. The molecule has 0 aliphatic carbocycles. The van der Waals surface area contributed by atoms with E-state index in [9.17, 15) is 9.59 Å². The Labute approximate surface area is 87.1 Å². The summed E-state index contributed by atoms with van der Waals surface area (Å²) in [4.78, 5) is 26.7. The molecule has 0 aromatic heterocycles. The molecule has 86 valence electrons. The summed E-state index contributed by atoms with van der Waals surface area (Å²) >= 11 is 0. The lowest BCUT2D eigenvalue weighted by Crippen LogP contribution is -2.41. The van der Waals surface area contributed by atoms with Crippen molar-refractivity contribution < 1.29 is 19.5 Å². The monoisotopic (exact) mass is 217 g/mol. The number of carbonyl (C=O) groups is 2. The number of carbonyl (C=O) groups excluding carboxylic acids is 1. The summed E-state index contributed by atoms with van der Waals surface area (Å²) in [6, 6.07) is -0.728. The van der Waals surface area contributed by atoms with E-state index in [1.54, 1.807) is 0 Å². The third-order valence-electron chi connectivity index (χ3n) is 2.10. The van der Waals surface area contributed by atoms with Crippen LogP contribution in [-0.4, -0.2) is 47.9 Å². The molecule has 1 aliphatic rings. The highest BCUT2D eigenvalue weighted by molar-refractivity contribution is 5.74. The van der Waals surface area contributed by atoms with Gasteiger partial charge < -0.3 is 21.0 Å². The number of carboxylic acid groups (broad SMARTS) is 1. The minimum atomic E-state index is -0.973. The number of hydrogen-bond acceptors (Lipinski definition) is 5. The maximum absolute atomic E-state index is 11.1. The fourth-order valence-electron chi connectivity index (χ4n) is 1.41. The summed E-state index contributed by atoms with van der Waals surface area (Å²) in [5, 5.41) is 12.4. The number of nitrogens with two attached hydrogens (primary N) is 1. The van der Waals surface area contributed by atoms with Crippen LogP contribution in [0.3, 0.4) is 0 Å². The topological polar surface area (TPSA) is 105 Å². The molecule has 0 radical (unpaired) electrons. The van der Waals surface area contributed by atoms with Crippen LogP contribution in [0, 0.1) is 0 Å². The van der Waals surface area contributed by atoms with Gasteiger partial charge in [-0.2, -0.15) is 0 Å². The highest BCUT2D eigenvalue weighted by Gasteiger charge is 2.33. The predicted octanol–water partition coefficient (Wildman–Crippen LogP) is -0.865. The summed E-state index contributed by atoms with van der Waals surface area (Å²) in [6.07, 6.45) is 0.550. The van der Waals surface area contributed by atoms with E-state index < -0.39 is 18.1 Å². The van der Waals surface area contributed by atoms with Gasteiger partial charge in [0.2, 0.25) is 0 Å². The van der Waals surface area contributed by atoms with Gasteiger partial charge in [0.25, 0.3) is 0 Å². The summed E-state index contributed by atoms with van der Waals surface area (Å²) in [6.45, 7) is 1.08. The molecule has 0 bridgehead atoms. The third kappa shape index (κ3) is 3.37. The second-order valence-electron chi connectivity index (χ2n) is 3.23. The van der Waals surface area contributed by atoms with Gasteiger partial charge in [-0.05, 0) is 12.8 Å². The van der Waals surface area contributed by atoms with Gasteiger partial charge in [0, 0.05) is 19.6 Å². The van der Waals surface area contributed by atoms with Gasteiger partial charge in [-0.3, -0.25) is 4.79 Å². The molecule has 1 aliphatic heterocycles. The maximum atomic E-state index is 11.1. The Morgan fingerprint density at radius 2 is 2.33 bits per heavy atom. The maximum Gasteiger partial charge on any atom is 0.426 e. The van der Waals surface area contributed by atoms with Crippen LogP contribution in [0.15, 0.2) is 0 Å². The van der Waals surface area contributed by atoms with Crippen LogP contribution in [0.1, 0.15) is 12.8 Å². The van der Waals surface area contributed by atoms with Gasteiger partial charge in [-0.15, -0.1) is 5.06 Å². The molecule has 0 aromatic rings. The van der Waals surface area contributed by atoms with Crippen LogP contribution < -0.4 is 11.1 Å². The van der Waals surface area contributed by atoms with Crippen molar-refractivity contribution in [1.29, 1.82) is 0 Å². The average Bonchev–Trinajstić information content (AvgIpc) is 2.62. The molecule has 7 nitrogen and oxygen atoms in total. The number of amides is 1. The number of nitrogens with zero attached hydrogens (tertiary/aromatic N) is 1. The lowest BCUT2D eigenvalue weighted by Gasteiger charge is -2.19. The molecule has 1 heterocycles. The van der Waals surface area contributed by atoms with Gasteiger partial charge in [0.1, 0.15) is 6.04 Å². The first-order chi connectivity index (χ1) is 7.15. The van der Waals surface area contributed by atoms with Crippen molar-refractivity contribution in [3.8, 4) is 0 Å². The quantitative estimate of drug-likeness (QED) is 0.565. The number of rotatable bonds is 4. The molecule has 0 aromatic carbocycles. The van der Waals surface area contributed by atoms with Crippen molar-refractivity contribution in [3.63, 3.8) is 0 Å². The van der Waals surface area contributed by atoms with E-state index in [0.29, 0.717) is 32.5 Å². The Morgan fingerprint density at radius 3 is 2.93 bits per heavy atom. The zero-order valence-corrected chi connectivity index (χ0v) is 8.31. The highest BCUT2D eigenvalue weighted by Crippen LogP contribution is 2.17. The molecule has 0 unspecified atom stereocenters. The van der Waals surface area contributed by atoms with E-state index in [1.807, 2.05) is 0 Å². The van der Waals surface area contributed by atoms with E-state index in [4.69, 9.17) is 15.7 Å². The molecule has 1 fully saturated rings. The largest absolute Gasteiger partial charge is 0.480 e. The van der Waals surface area contributed by atoms with Gasteiger partial charge >= 0.3 is 12.1 Å². The minimum absolute atomic E-state index is 0.310. The third-order valence-corrected chi connectivity index (χ3v) is 2.10. The van der Waals surface area contributed by atoms with Crippen LogP contribution in [0.25, 0.3) is 0 Å². The van der Waals surface area contributed by atoms with Crippen LogP contribution in [0.4, 0.5) is 4.79 Å². The molecular formula is C8H15N3O4. The molecule has 4 N–H and O–H groups in total. The van der Waals surface area contributed by atoms with Gasteiger partial charge in [0.15, 0.2) is 0 Å². The van der Waals surface area contributed by atoms with Crippen LogP contribution in [-0.2, 0) is 9.63 Å². The Balaban J connectivity index is 2.36. The second-order valence-corrected chi connectivity index (χ2v) is 3.23. The Kier molecular flexibility index (Phi) is 4.32. The first kappa shape index (κ1) is 11.7. The zero-order valence-electron chi connectivity index (χ0n) is 8.31. The number of nitrogens with one attached hydrogen (secondary N) is 1. The van der Waals surface area contributed by atoms with E-state index in [0.717, 1.165) is 0 Å². The normalized spacial score (nSPS) is 21.3. The first-order valence-electron chi connectivity index (χ1n) is 4.80. The Hall–Kier alpha value is -1.34. The highest BCUT2D eigenvalue weighted by atomic mass is 16.7. The first-order valence-corrected chi connectivity index (χ1v) is 4.80. The molecule has 1 atom stereocenters. The Bertz CT molecular complexity index is 246. The molecule has 1 rings (SSSR count). The lowest BCUT2D eigenvalue weighted by molar-refractivity contribution is -0.161.